The van der Waals surface area contributed by atoms with E-state index < -0.39 is 11.7 Å². The first kappa shape index (κ1) is 23.4. The third kappa shape index (κ3) is 6.15. The van der Waals surface area contributed by atoms with Crippen LogP contribution in [0.3, 0.4) is 0 Å². The van der Waals surface area contributed by atoms with Crippen molar-refractivity contribution in [1.29, 1.82) is 0 Å². The molecule has 6 nitrogen and oxygen atoms in total. The van der Waals surface area contributed by atoms with Gasteiger partial charge in [0.2, 0.25) is 0 Å². The predicted molar refractivity (Wildman–Crippen MR) is 125 cm³/mol. The first-order valence-corrected chi connectivity index (χ1v) is 11.0. The van der Waals surface area contributed by atoms with Gasteiger partial charge in [0.15, 0.2) is 18.1 Å². The standard InChI is InChI=1S/C22H24BrFN2O4S/c1-13-10-26(11-14(2)30-13)22(31)15-4-7-19(20(8-15)28-3)29-12-21(27)25-18-6-5-16(23)9-17(18)24/h4-9,13-14H,10-12H2,1-3H3,(H,25,27)/t13-,14-/m1/s1. The van der Waals surface area contributed by atoms with Crippen molar-refractivity contribution < 1.29 is 23.4 Å². The molecular formula is C22H24BrFN2O4S. The lowest BCUT2D eigenvalue weighted by Crippen LogP contribution is -2.47. The second kappa shape index (κ2) is 10.4. The van der Waals surface area contributed by atoms with Gasteiger partial charge in [-0.25, -0.2) is 4.39 Å². The van der Waals surface area contributed by atoms with Gasteiger partial charge >= 0.3 is 0 Å². The summed E-state index contributed by atoms with van der Waals surface area (Å²) in [6, 6.07) is 9.71. The highest BCUT2D eigenvalue weighted by atomic mass is 79.9. The molecule has 0 saturated carbocycles. The van der Waals surface area contributed by atoms with Crippen LogP contribution in [0.4, 0.5) is 10.1 Å². The highest BCUT2D eigenvalue weighted by Gasteiger charge is 2.25. The lowest BCUT2D eigenvalue weighted by Gasteiger charge is -2.37. The molecule has 31 heavy (non-hydrogen) atoms. The number of anilines is 1. The first-order chi connectivity index (χ1) is 14.8. The monoisotopic (exact) mass is 510 g/mol. The van der Waals surface area contributed by atoms with Crippen LogP contribution in [0.2, 0.25) is 0 Å². The van der Waals surface area contributed by atoms with Crippen LogP contribution in [0.15, 0.2) is 40.9 Å². The van der Waals surface area contributed by atoms with Crippen LogP contribution < -0.4 is 14.8 Å². The average molecular weight is 511 g/mol. The molecule has 1 fully saturated rings. The number of methoxy groups -OCH3 is 1. The largest absolute Gasteiger partial charge is 0.493 e. The molecule has 0 unspecified atom stereocenters. The Morgan fingerprint density at radius 2 is 1.94 bits per heavy atom. The van der Waals surface area contributed by atoms with Gasteiger partial charge in [0.25, 0.3) is 5.91 Å². The van der Waals surface area contributed by atoms with Gasteiger partial charge in [-0.05, 0) is 50.2 Å². The molecule has 0 aromatic heterocycles. The van der Waals surface area contributed by atoms with Crippen molar-refractivity contribution >= 4 is 44.7 Å². The molecule has 0 aliphatic carbocycles. The van der Waals surface area contributed by atoms with E-state index >= 15 is 0 Å². The summed E-state index contributed by atoms with van der Waals surface area (Å²) in [6.45, 7) is 5.18. The molecule has 166 valence electrons. The molecule has 1 aliphatic rings. The minimum Gasteiger partial charge on any atom is -0.493 e. The fraction of sp³-hybridized carbons (Fsp3) is 0.364. The third-order valence-electron chi connectivity index (χ3n) is 4.68. The van der Waals surface area contributed by atoms with E-state index in [4.69, 9.17) is 26.4 Å². The van der Waals surface area contributed by atoms with E-state index in [1.807, 2.05) is 19.9 Å². The van der Waals surface area contributed by atoms with Crippen molar-refractivity contribution in [1.82, 2.24) is 4.90 Å². The van der Waals surface area contributed by atoms with Crippen molar-refractivity contribution in [2.45, 2.75) is 26.1 Å². The summed E-state index contributed by atoms with van der Waals surface area (Å²) in [7, 11) is 1.52. The SMILES string of the molecule is COc1cc(C(=S)N2C[C@@H](C)O[C@H](C)C2)ccc1OCC(=O)Nc1ccc(Br)cc1F. The Labute approximate surface area is 194 Å². The number of nitrogens with zero attached hydrogens (tertiary/aromatic N) is 1. The molecule has 0 radical (unpaired) electrons. The number of thiocarbonyl (C=S) groups is 1. The molecule has 1 N–H and O–H groups in total. The molecular weight excluding hydrogens is 487 g/mol. The van der Waals surface area contributed by atoms with Gasteiger partial charge in [-0.3, -0.25) is 4.79 Å². The first-order valence-electron chi connectivity index (χ1n) is 9.77. The molecule has 0 spiro atoms. The van der Waals surface area contributed by atoms with E-state index in [2.05, 4.69) is 26.1 Å². The second-order valence-electron chi connectivity index (χ2n) is 7.29. The summed E-state index contributed by atoms with van der Waals surface area (Å²) in [5.41, 5.74) is 0.903. The van der Waals surface area contributed by atoms with Gasteiger partial charge in [-0.15, -0.1) is 0 Å². The Morgan fingerprint density at radius 3 is 2.58 bits per heavy atom. The fourth-order valence-corrected chi connectivity index (χ4v) is 3.98. The van der Waals surface area contributed by atoms with Crippen LogP contribution in [-0.2, 0) is 9.53 Å². The maximum atomic E-state index is 13.9. The normalized spacial score (nSPS) is 18.4. The van der Waals surface area contributed by atoms with Gasteiger partial charge < -0.3 is 24.4 Å². The molecule has 2 aromatic carbocycles. The number of carbonyl (C=O) groups is 1. The van der Waals surface area contributed by atoms with Crippen LogP contribution in [0.1, 0.15) is 19.4 Å². The van der Waals surface area contributed by atoms with Crippen molar-refractivity contribution in [3.05, 3.63) is 52.3 Å². The summed E-state index contributed by atoms with van der Waals surface area (Å²) in [4.78, 5) is 15.0. The molecule has 2 aromatic rings. The van der Waals surface area contributed by atoms with Gasteiger partial charge in [-0.1, -0.05) is 28.1 Å². The molecule has 1 saturated heterocycles. The molecule has 1 heterocycles. The third-order valence-corrected chi connectivity index (χ3v) is 5.67. The number of benzene rings is 2. The van der Waals surface area contributed by atoms with Crippen LogP contribution in [0, 0.1) is 5.82 Å². The van der Waals surface area contributed by atoms with Gasteiger partial charge in [0, 0.05) is 23.1 Å². The number of carbonyl (C=O) groups excluding carboxylic acids is 1. The number of hydrogen-bond acceptors (Lipinski definition) is 5. The average Bonchev–Trinajstić information content (AvgIpc) is 2.73. The van der Waals surface area contributed by atoms with Crippen molar-refractivity contribution in [3.8, 4) is 11.5 Å². The zero-order valence-corrected chi connectivity index (χ0v) is 19.9. The number of hydrogen-bond donors (Lipinski definition) is 1. The van der Waals surface area contributed by atoms with Crippen LogP contribution in [0.25, 0.3) is 0 Å². The number of halogens is 2. The smallest absolute Gasteiger partial charge is 0.262 e. The van der Waals surface area contributed by atoms with Gasteiger partial charge in [-0.2, -0.15) is 0 Å². The Bertz CT molecular complexity index is 965. The lowest BCUT2D eigenvalue weighted by atomic mass is 10.1. The molecule has 0 bridgehead atoms. The molecule has 2 atom stereocenters. The molecule has 9 heteroatoms. The van der Waals surface area contributed by atoms with Crippen molar-refractivity contribution in [3.63, 3.8) is 0 Å². The fourth-order valence-electron chi connectivity index (χ4n) is 3.37. The highest BCUT2D eigenvalue weighted by Crippen LogP contribution is 2.29. The zero-order chi connectivity index (χ0) is 22.5. The summed E-state index contributed by atoms with van der Waals surface area (Å²) in [6.07, 6.45) is 0.195. The Kier molecular flexibility index (Phi) is 7.85. The van der Waals surface area contributed by atoms with E-state index in [1.165, 1.54) is 19.2 Å². The number of nitrogens with one attached hydrogen (secondary N) is 1. The Balaban J connectivity index is 1.64. The summed E-state index contributed by atoms with van der Waals surface area (Å²) in [5, 5.41) is 2.49. The minimum absolute atomic E-state index is 0.0819. The van der Waals surface area contributed by atoms with E-state index in [-0.39, 0.29) is 24.5 Å². The maximum Gasteiger partial charge on any atom is 0.262 e. The van der Waals surface area contributed by atoms with Crippen LogP contribution >= 0.6 is 28.1 Å². The Hall–Kier alpha value is -2.23. The minimum atomic E-state index is -0.537. The van der Waals surface area contributed by atoms with Crippen molar-refractivity contribution in [2.24, 2.45) is 0 Å². The molecule has 1 amide bonds. The number of ether oxygens (including phenoxy) is 3. The number of rotatable bonds is 6. The van der Waals surface area contributed by atoms with Crippen LogP contribution in [0.5, 0.6) is 11.5 Å². The topological polar surface area (TPSA) is 60.0 Å². The summed E-state index contributed by atoms with van der Waals surface area (Å²) in [5.74, 6) is -0.176. The lowest BCUT2D eigenvalue weighted by molar-refractivity contribution is -0.118. The molecule has 3 rings (SSSR count). The number of morpholine rings is 1. The summed E-state index contributed by atoms with van der Waals surface area (Å²) >= 11 is 8.85. The predicted octanol–water partition coefficient (Wildman–Crippen LogP) is 4.40. The number of amides is 1. The maximum absolute atomic E-state index is 13.9. The quantitative estimate of drug-likeness (QED) is 0.581. The second-order valence-corrected chi connectivity index (χ2v) is 8.60. The Morgan fingerprint density at radius 1 is 1.23 bits per heavy atom. The zero-order valence-electron chi connectivity index (χ0n) is 17.5. The van der Waals surface area contributed by atoms with E-state index in [1.54, 1.807) is 18.2 Å². The van der Waals surface area contributed by atoms with Gasteiger partial charge in [0.05, 0.1) is 25.0 Å². The summed E-state index contributed by atoms with van der Waals surface area (Å²) < 4.78 is 31.3. The van der Waals surface area contributed by atoms with Crippen LogP contribution in [-0.4, -0.2) is 54.8 Å². The van der Waals surface area contributed by atoms with E-state index in [0.29, 0.717) is 21.0 Å². The van der Waals surface area contributed by atoms with Crippen molar-refractivity contribution in [2.75, 3.05) is 32.1 Å². The molecule has 1 aliphatic heterocycles. The highest BCUT2D eigenvalue weighted by molar-refractivity contribution is 9.10. The van der Waals surface area contributed by atoms with E-state index in [0.717, 1.165) is 18.7 Å². The van der Waals surface area contributed by atoms with Gasteiger partial charge in [0.1, 0.15) is 10.8 Å². The van der Waals surface area contributed by atoms with E-state index in [9.17, 15) is 9.18 Å².